The predicted octanol–water partition coefficient (Wildman–Crippen LogP) is 1.68. The van der Waals surface area contributed by atoms with Gasteiger partial charge in [-0.15, -0.1) is 0 Å². The average Bonchev–Trinajstić information content (AvgIpc) is 2.48. The van der Waals surface area contributed by atoms with Crippen LogP contribution in [0.3, 0.4) is 0 Å². The van der Waals surface area contributed by atoms with E-state index < -0.39 is 33.9 Å². The zero-order valence-electron chi connectivity index (χ0n) is 11.9. The number of carboxylic acid groups (broad SMARTS) is 1. The Morgan fingerprint density at radius 3 is 2.59 bits per heavy atom. The lowest BCUT2D eigenvalue weighted by atomic mass is 10.1. The van der Waals surface area contributed by atoms with E-state index in [1.165, 1.54) is 24.3 Å². The van der Waals surface area contributed by atoms with E-state index in [2.05, 4.69) is 5.32 Å². The Morgan fingerprint density at radius 1 is 1.36 bits per heavy atom. The van der Waals surface area contributed by atoms with Gasteiger partial charge < -0.3 is 15.2 Å². The molecule has 0 spiro atoms. The molecule has 0 aliphatic carbocycles. The van der Waals surface area contributed by atoms with Gasteiger partial charge in [-0.2, -0.15) is 0 Å². The molecule has 22 heavy (non-hydrogen) atoms. The maximum atomic E-state index is 12.8. The highest BCUT2D eigenvalue weighted by molar-refractivity contribution is 7.92. The molecule has 1 fully saturated rings. The summed E-state index contributed by atoms with van der Waals surface area (Å²) in [6.45, 7) is 0.0312. The third-order valence-corrected chi connectivity index (χ3v) is 5.75. The SMILES string of the molecule is O=C(O)COC(C1CCCCN1)S(=O)(=O)c1ccc(Cl)cc1. The number of hydrogen-bond donors (Lipinski definition) is 2. The van der Waals surface area contributed by atoms with Gasteiger partial charge in [0.05, 0.1) is 4.90 Å². The summed E-state index contributed by atoms with van der Waals surface area (Å²) in [5.74, 6) is -1.20. The molecule has 2 rings (SSSR count). The van der Waals surface area contributed by atoms with Crippen LogP contribution in [0.1, 0.15) is 19.3 Å². The number of nitrogens with one attached hydrogen (secondary N) is 1. The van der Waals surface area contributed by atoms with Crippen LogP contribution >= 0.6 is 11.6 Å². The number of carbonyl (C=O) groups is 1. The van der Waals surface area contributed by atoms with E-state index in [1.54, 1.807) is 0 Å². The highest BCUT2D eigenvalue weighted by Gasteiger charge is 2.36. The minimum absolute atomic E-state index is 0.0691. The fourth-order valence-electron chi connectivity index (χ4n) is 2.44. The van der Waals surface area contributed by atoms with E-state index in [9.17, 15) is 13.2 Å². The lowest BCUT2D eigenvalue weighted by Gasteiger charge is -2.30. The zero-order chi connectivity index (χ0) is 16.2. The van der Waals surface area contributed by atoms with Gasteiger partial charge in [0.2, 0.25) is 9.84 Å². The van der Waals surface area contributed by atoms with Crippen molar-refractivity contribution in [1.82, 2.24) is 5.32 Å². The topological polar surface area (TPSA) is 92.7 Å². The summed E-state index contributed by atoms with van der Waals surface area (Å²) in [6.07, 6.45) is 2.46. The minimum atomic E-state index is -3.82. The summed E-state index contributed by atoms with van der Waals surface area (Å²) in [5.41, 5.74) is -1.23. The van der Waals surface area contributed by atoms with Crippen molar-refractivity contribution in [2.75, 3.05) is 13.2 Å². The molecule has 1 aromatic carbocycles. The fraction of sp³-hybridized carbons (Fsp3) is 0.500. The molecular weight excluding hydrogens is 330 g/mol. The molecule has 1 aliphatic heterocycles. The molecule has 0 bridgehead atoms. The van der Waals surface area contributed by atoms with E-state index in [4.69, 9.17) is 21.4 Å². The van der Waals surface area contributed by atoms with Crippen LogP contribution < -0.4 is 5.32 Å². The minimum Gasteiger partial charge on any atom is -0.480 e. The zero-order valence-corrected chi connectivity index (χ0v) is 13.4. The number of aliphatic carboxylic acids is 1. The largest absolute Gasteiger partial charge is 0.480 e. The van der Waals surface area contributed by atoms with Crippen LogP contribution in [-0.4, -0.2) is 44.1 Å². The number of piperidine rings is 1. The van der Waals surface area contributed by atoms with E-state index >= 15 is 0 Å². The predicted molar refractivity (Wildman–Crippen MR) is 81.7 cm³/mol. The molecular formula is C14H18ClNO5S. The molecule has 1 saturated heterocycles. The van der Waals surface area contributed by atoms with Gasteiger partial charge in [-0.3, -0.25) is 0 Å². The Bertz CT molecular complexity index is 611. The Hall–Kier alpha value is -1.15. The first-order valence-corrected chi connectivity index (χ1v) is 8.90. The van der Waals surface area contributed by atoms with Gasteiger partial charge >= 0.3 is 5.97 Å². The molecule has 0 radical (unpaired) electrons. The molecule has 2 N–H and O–H groups in total. The van der Waals surface area contributed by atoms with Crippen molar-refractivity contribution in [1.29, 1.82) is 0 Å². The molecule has 0 aromatic heterocycles. The maximum Gasteiger partial charge on any atom is 0.329 e. The molecule has 0 saturated carbocycles. The van der Waals surface area contributed by atoms with Crippen molar-refractivity contribution < 1.29 is 23.1 Å². The van der Waals surface area contributed by atoms with Crippen LogP contribution in [0.4, 0.5) is 0 Å². The van der Waals surface area contributed by atoms with E-state index in [1.807, 2.05) is 0 Å². The van der Waals surface area contributed by atoms with Crippen LogP contribution in [0.2, 0.25) is 5.02 Å². The van der Waals surface area contributed by atoms with Gasteiger partial charge in [-0.1, -0.05) is 18.0 Å². The molecule has 6 nitrogen and oxygen atoms in total. The number of ether oxygens (including phenoxy) is 1. The summed E-state index contributed by atoms with van der Waals surface area (Å²) < 4.78 is 30.7. The second-order valence-electron chi connectivity index (χ2n) is 5.13. The first-order valence-electron chi connectivity index (χ1n) is 6.97. The number of rotatable bonds is 6. The molecule has 1 aliphatic rings. The summed E-state index contributed by atoms with van der Waals surface area (Å²) in [5, 5.41) is 12.3. The van der Waals surface area contributed by atoms with Gasteiger partial charge in [-0.05, 0) is 43.7 Å². The number of carboxylic acids is 1. The first-order chi connectivity index (χ1) is 10.4. The van der Waals surface area contributed by atoms with Crippen LogP contribution in [0.5, 0.6) is 0 Å². The van der Waals surface area contributed by atoms with Crippen LogP contribution in [0.25, 0.3) is 0 Å². The fourth-order valence-corrected chi connectivity index (χ4v) is 4.27. The van der Waals surface area contributed by atoms with Crippen LogP contribution in [0.15, 0.2) is 29.2 Å². The molecule has 0 amide bonds. The molecule has 1 aromatic rings. The Labute approximate surface area is 134 Å². The van der Waals surface area contributed by atoms with Crippen LogP contribution in [-0.2, 0) is 19.4 Å². The summed E-state index contributed by atoms with van der Waals surface area (Å²) in [4.78, 5) is 10.8. The van der Waals surface area contributed by atoms with Gasteiger partial charge in [-0.25, -0.2) is 13.2 Å². The van der Waals surface area contributed by atoms with E-state index in [-0.39, 0.29) is 4.90 Å². The molecule has 2 atom stereocenters. The lowest BCUT2D eigenvalue weighted by Crippen LogP contribution is -2.48. The quantitative estimate of drug-likeness (QED) is 0.813. The van der Waals surface area contributed by atoms with Crippen molar-refractivity contribution in [2.24, 2.45) is 0 Å². The van der Waals surface area contributed by atoms with Gasteiger partial charge in [0.1, 0.15) is 6.61 Å². The van der Waals surface area contributed by atoms with Crippen molar-refractivity contribution in [2.45, 2.75) is 35.6 Å². The Morgan fingerprint density at radius 2 is 2.05 bits per heavy atom. The first kappa shape index (κ1) is 17.2. The maximum absolute atomic E-state index is 12.8. The number of hydrogen-bond acceptors (Lipinski definition) is 5. The molecule has 1 heterocycles. The summed E-state index contributed by atoms with van der Waals surface area (Å²) in [6, 6.07) is 5.34. The average molecular weight is 348 g/mol. The van der Waals surface area contributed by atoms with Crippen molar-refractivity contribution in [3.8, 4) is 0 Å². The van der Waals surface area contributed by atoms with Gasteiger partial charge in [0.25, 0.3) is 0 Å². The van der Waals surface area contributed by atoms with Crippen LogP contribution in [0, 0.1) is 0 Å². The van der Waals surface area contributed by atoms with E-state index in [0.717, 1.165) is 12.8 Å². The number of benzene rings is 1. The monoisotopic (exact) mass is 347 g/mol. The lowest BCUT2D eigenvalue weighted by molar-refractivity contribution is -0.143. The second kappa shape index (κ2) is 7.41. The smallest absolute Gasteiger partial charge is 0.329 e. The highest BCUT2D eigenvalue weighted by atomic mass is 35.5. The Kier molecular flexibility index (Phi) is 5.80. The normalized spacial score (nSPS) is 20.5. The number of sulfone groups is 1. The Balaban J connectivity index is 2.28. The van der Waals surface area contributed by atoms with E-state index in [0.29, 0.717) is 18.0 Å². The summed E-state index contributed by atoms with van der Waals surface area (Å²) in [7, 11) is -3.82. The molecule has 8 heteroatoms. The molecule has 2 unspecified atom stereocenters. The van der Waals surface area contributed by atoms with Crippen molar-refractivity contribution in [3.05, 3.63) is 29.3 Å². The number of halogens is 1. The van der Waals surface area contributed by atoms with Crippen molar-refractivity contribution in [3.63, 3.8) is 0 Å². The summed E-state index contributed by atoms with van der Waals surface area (Å²) >= 11 is 5.78. The van der Waals surface area contributed by atoms with Crippen molar-refractivity contribution >= 4 is 27.4 Å². The standard InChI is InChI=1S/C14H18ClNO5S/c15-10-4-6-11(7-5-10)22(19,20)14(21-9-13(17)18)12-3-1-2-8-16-12/h4-7,12,14,16H,1-3,8-9H2,(H,17,18). The highest BCUT2D eigenvalue weighted by Crippen LogP contribution is 2.25. The van der Waals surface area contributed by atoms with Gasteiger partial charge in [0.15, 0.2) is 5.44 Å². The third-order valence-electron chi connectivity index (χ3n) is 3.50. The van der Waals surface area contributed by atoms with Gasteiger partial charge in [0, 0.05) is 11.1 Å². The second-order valence-corrected chi connectivity index (χ2v) is 7.59. The molecule has 122 valence electrons. The third kappa shape index (κ3) is 4.19.